The van der Waals surface area contributed by atoms with Gasteiger partial charge in [-0.1, -0.05) is 36.4 Å². The van der Waals surface area contributed by atoms with Crippen LogP contribution in [0.15, 0.2) is 61.1 Å². The fourth-order valence-corrected chi connectivity index (χ4v) is 2.00. The van der Waals surface area contributed by atoms with Gasteiger partial charge in [-0.3, -0.25) is 9.97 Å². The van der Waals surface area contributed by atoms with Gasteiger partial charge in [-0.2, -0.15) is 0 Å². The van der Waals surface area contributed by atoms with Gasteiger partial charge in [0, 0.05) is 12.4 Å². The topological polar surface area (TPSA) is 46.0 Å². The SMILES string of the molecule is OC(c1ccc2ccccc2c1)c1cnccn1. The van der Waals surface area contributed by atoms with Crippen LogP contribution in [0.25, 0.3) is 10.8 Å². The second kappa shape index (κ2) is 4.55. The Morgan fingerprint density at radius 1 is 0.944 bits per heavy atom. The normalized spacial score (nSPS) is 12.5. The first-order chi connectivity index (χ1) is 8.84. The summed E-state index contributed by atoms with van der Waals surface area (Å²) in [6.45, 7) is 0. The highest BCUT2D eigenvalue weighted by molar-refractivity contribution is 5.83. The molecular weight excluding hydrogens is 224 g/mol. The Morgan fingerprint density at radius 2 is 1.78 bits per heavy atom. The molecule has 0 aliphatic heterocycles. The Bertz CT molecular complexity index is 667. The Balaban J connectivity index is 2.04. The molecule has 0 bridgehead atoms. The lowest BCUT2D eigenvalue weighted by molar-refractivity contribution is 0.215. The molecule has 1 atom stereocenters. The maximum absolute atomic E-state index is 10.2. The van der Waals surface area contributed by atoms with Gasteiger partial charge in [0.1, 0.15) is 6.10 Å². The van der Waals surface area contributed by atoms with Crippen molar-refractivity contribution in [2.75, 3.05) is 0 Å². The summed E-state index contributed by atoms with van der Waals surface area (Å²) >= 11 is 0. The van der Waals surface area contributed by atoms with Crippen LogP contribution in [-0.4, -0.2) is 15.1 Å². The van der Waals surface area contributed by atoms with Crippen molar-refractivity contribution in [1.29, 1.82) is 0 Å². The number of benzene rings is 2. The average Bonchev–Trinajstić information content (AvgIpc) is 2.47. The predicted molar refractivity (Wildman–Crippen MR) is 70.0 cm³/mol. The molecule has 3 heteroatoms. The molecule has 0 radical (unpaired) electrons. The monoisotopic (exact) mass is 236 g/mol. The highest BCUT2D eigenvalue weighted by Gasteiger charge is 2.11. The second-order valence-corrected chi connectivity index (χ2v) is 4.14. The van der Waals surface area contributed by atoms with E-state index in [1.165, 1.54) is 0 Å². The lowest BCUT2D eigenvalue weighted by atomic mass is 10.0. The van der Waals surface area contributed by atoms with Gasteiger partial charge in [-0.25, -0.2) is 0 Å². The van der Waals surface area contributed by atoms with Gasteiger partial charge in [0.2, 0.25) is 0 Å². The lowest BCUT2D eigenvalue weighted by Gasteiger charge is -2.10. The summed E-state index contributed by atoms with van der Waals surface area (Å²) in [7, 11) is 0. The summed E-state index contributed by atoms with van der Waals surface area (Å²) in [6.07, 6.45) is 4.03. The molecule has 3 rings (SSSR count). The zero-order chi connectivity index (χ0) is 12.4. The fraction of sp³-hybridized carbons (Fsp3) is 0.0667. The van der Waals surface area contributed by atoms with Crippen LogP contribution in [0, 0.1) is 0 Å². The number of fused-ring (bicyclic) bond motifs is 1. The lowest BCUT2D eigenvalue weighted by Crippen LogP contribution is -2.02. The van der Waals surface area contributed by atoms with E-state index in [0.717, 1.165) is 16.3 Å². The van der Waals surface area contributed by atoms with E-state index in [2.05, 4.69) is 9.97 Å². The Hall–Kier alpha value is -2.26. The molecule has 18 heavy (non-hydrogen) atoms. The molecule has 1 heterocycles. The molecular formula is C15H12N2O. The third-order valence-electron chi connectivity index (χ3n) is 2.95. The van der Waals surface area contributed by atoms with Crippen LogP contribution in [0.4, 0.5) is 0 Å². The number of hydrogen-bond donors (Lipinski definition) is 1. The molecule has 0 aliphatic carbocycles. The third-order valence-corrected chi connectivity index (χ3v) is 2.95. The van der Waals surface area contributed by atoms with Crippen molar-refractivity contribution < 1.29 is 5.11 Å². The summed E-state index contributed by atoms with van der Waals surface area (Å²) in [6, 6.07) is 14.0. The fourth-order valence-electron chi connectivity index (χ4n) is 2.00. The zero-order valence-corrected chi connectivity index (χ0v) is 9.69. The van der Waals surface area contributed by atoms with E-state index in [1.54, 1.807) is 18.6 Å². The third kappa shape index (κ3) is 1.96. The van der Waals surface area contributed by atoms with Crippen LogP contribution in [0.5, 0.6) is 0 Å². The van der Waals surface area contributed by atoms with E-state index in [4.69, 9.17) is 0 Å². The number of aliphatic hydroxyl groups excluding tert-OH is 1. The van der Waals surface area contributed by atoms with E-state index in [1.807, 2.05) is 42.5 Å². The molecule has 1 aromatic heterocycles. The van der Waals surface area contributed by atoms with Crippen LogP contribution in [0.2, 0.25) is 0 Å². The maximum Gasteiger partial charge on any atom is 0.123 e. The largest absolute Gasteiger partial charge is 0.382 e. The van der Waals surface area contributed by atoms with Gasteiger partial charge >= 0.3 is 0 Å². The molecule has 0 fully saturated rings. The summed E-state index contributed by atoms with van der Waals surface area (Å²) in [5, 5.41) is 12.5. The Labute approximate surface area is 105 Å². The van der Waals surface area contributed by atoms with Crippen molar-refractivity contribution in [2.45, 2.75) is 6.10 Å². The van der Waals surface area contributed by atoms with Crippen LogP contribution < -0.4 is 0 Å². The first-order valence-corrected chi connectivity index (χ1v) is 5.77. The Morgan fingerprint density at radius 3 is 2.56 bits per heavy atom. The van der Waals surface area contributed by atoms with Crippen molar-refractivity contribution >= 4 is 10.8 Å². The van der Waals surface area contributed by atoms with Crippen molar-refractivity contribution in [1.82, 2.24) is 9.97 Å². The van der Waals surface area contributed by atoms with Crippen LogP contribution >= 0.6 is 0 Å². The minimum Gasteiger partial charge on any atom is -0.382 e. The number of aromatic nitrogens is 2. The van der Waals surface area contributed by atoms with Crippen molar-refractivity contribution in [3.05, 3.63) is 72.3 Å². The summed E-state index contributed by atoms with van der Waals surface area (Å²) in [4.78, 5) is 8.09. The zero-order valence-electron chi connectivity index (χ0n) is 9.69. The summed E-state index contributed by atoms with van der Waals surface area (Å²) < 4.78 is 0. The van der Waals surface area contributed by atoms with Crippen molar-refractivity contribution in [3.8, 4) is 0 Å². The maximum atomic E-state index is 10.2. The quantitative estimate of drug-likeness (QED) is 0.744. The van der Waals surface area contributed by atoms with E-state index >= 15 is 0 Å². The van der Waals surface area contributed by atoms with Gasteiger partial charge in [-0.15, -0.1) is 0 Å². The molecule has 3 aromatic rings. The summed E-state index contributed by atoms with van der Waals surface area (Å²) in [5.74, 6) is 0. The molecule has 88 valence electrons. The number of rotatable bonds is 2. The standard InChI is InChI=1S/C15H12N2O/c18-15(14-10-16-7-8-17-14)13-6-5-11-3-1-2-4-12(11)9-13/h1-10,15,18H. The minimum atomic E-state index is -0.733. The van der Waals surface area contributed by atoms with E-state index in [-0.39, 0.29) is 0 Å². The predicted octanol–water partition coefficient (Wildman–Crippen LogP) is 2.71. The molecule has 2 aromatic carbocycles. The first-order valence-electron chi connectivity index (χ1n) is 5.77. The van der Waals surface area contributed by atoms with E-state index in [9.17, 15) is 5.11 Å². The minimum absolute atomic E-state index is 0.563. The molecule has 0 amide bonds. The summed E-state index contributed by atoms with van der Waals surface area (Å²) in [5.41, 5.74) is 1.39. The van der Waals surface area contributed by atoms with Gasteiger partial charge in [0.05, 0.1) is 11.9 Å². The van der Waals surface area contributed by atoms with Gasteiger partial charge in [-0.05, 0) is 22.4 Å². The molecule has 0 saturated heterocycles. The molecule has 1 N–H and O–H groups in total. The van der Waals surface area contributed by atoms with Gasteiger partial charge < -0.3 is 5.11 Å². The molecule has 3 nitrogen and oxygen atoms in total. The molecule has 0 saturated carbocycles. The van der Waals surface area contributed by atoms with Gasteiger partial charge in [0.25, 0.3) is 0 Å². The smallest absolute Gasteiger partial charge is 0.123 e. The van der Waals surface area contributed by atoms with Gasteiger partial charge in [0.15, 0.2) is 0 Å². The molecule has 0 spiro atoms. The number of aliphatic hydroxyl groups is 1. The van der Waals surface area contributed by atoms with Crippen molar-refractivity contribution in [3.63, 3.8) is 0 Å². The molecule has 0 aliphatic rings. The van der Waals surface area contributed by atoms with E-state index < -0.39 is 6.10 Å². The molecule has 1 unspecified atom stereocenters. The first kappa shape index (κ1) is 10.9. The highest BCUT2D eigenvalue weighted by Crippen LogP contribution is 2.23. The van der Waals surface area contributed by atoms with Crippen LogP contribution in [0.3, 0.4) is 0 Å². The average molecular weight is 236 g/mol. The van der Waals surface area contributed by atoms with E-state index in [0.29, 0.717) is 5.69 Å². The number of hydrogen-bond acceptors (Lipinski definition) is 3. The second-order valence-electron chi connectivity index (χ2n) is 4.14. The Kier molecular flexibility index (Phi) is 2.74. The van der Waals surface area contributed by atoms with Crippen LogP contribution in [-0.2, 0) is 0 Å². The van der Waals surface area contributed by atoms with Crippen LogP contribution in [0.1, 0.15) is 17.4 Å². The van der Waals surface area contributed by atoms with Crippen molar-refractivity contribution in [2.24, 2.45) is 0 Å². The number of nitrogens with zero attached hydrogens (tertiary/aromatic N) is 2. The highest BCUT2D eigenvalue weighted by atomic mass is 16.3.